The molecule has 0 radical (unpaired) electrons. The predicted molar refractivity (Wildman–Crippen MR) is 159 cm³/mol. The highest BCUT2D eigenvalue weighted by molar-refractivity contribution is 5.84. The van der Waals surface area contributed by atoms with Gasteiger partial charge in [0.2, 0.25) is 5.95 Å². The van der Waals surface area contributed by atoms with Crippen molar-refractivity contribution in [3.63, 3.8) is 0 Å². The van der Waals surface area contributed by atoms with Gasteiger partial charge in [-0.2, -0.15) is 15.1 Å². The summed E-state index contributed by atoms with van der Waals surface area (Å²) in [6, 6.07) is 18.1. The van der Waals surface area contributed by atoms with Gasteiger partial charge in [0.05, 0.1) is 6.21 Å². The van der Waals surface area contributed by atoms with E-state index < -0.39 is 0 Å². The van der Waals surface area contributed by atoms with Gasteiger partial charge < -0.3 is 19.3 Å². The van der Waals surface area contributed by atoms with Crippen LogP contribution in [-0.4, -0.2) is 55.6 Å². The van der Waals surface area contributed by atoms with Crippen LogP contribution in [0, 0.1) is 0 Å². The summed E-state index contributed by atoms with van der Waals surface area (Å²) in [4.78, 5) is 14.2. The number of aromatic nitrogens is 2. The van der Waals surface area contributed by atoms with Gasteiger partial charge in [0.1, 0.15) is 30.5 Å². The summed E-state index contributed by atoms with van der Waals surface area (Å²) in [6.07, 6.45) is 6.55. The summed E-state index contributed by atoms with van der Waals surface area (Å²) in [5, 5.41) is 4.50. The van der Waals surface area contributed by atoms with Crippen LogP contribution in [-0.2, 0) is 5.41 Å². The first-order chi connectivity index (χ1) is 19.0. The molecule has 0 bridgehead atoms. The molecule has 2 aliphatic rings. The zero-order valence-electron chi connectivity index (χ0n) is 23.4. The minimum atomic E-state index is 0.127. The Morgan fingerprint density at radius 1 is 0.846 bits per heavy atom. The lowest BCUT2D eigenvalue weighted by atomic mass is 9.87. The minimum absolute atomic E-state index is 0.127. The van der Waals surface area contributed by atoms with Crippen LogP contribution in [0.3, 0.4) is 0 Å². The van der Waals surface area contributed by atoms with E-state index in [-0.39, 0.29) is 5.41 Å². The summed E-state index contributed by atoms with van der Waals surface area (Å²) in [6.45, 7) is 11.6. The Hall–Kier alpha value is -3.81. The standard InChI is InChI=1S/C31H40N6O2/c1-31(2,3)25-12-14-26(15-13-25)38-20-21-39-27-11-5-4-10-24(27)23-32-35-28-22-29(36-16-6-7-17-36)34-30(33-28)37-18-8-9-19-37/h4-5,10-15,22-23H,6-9,16-21H2,1-3H3,(H,33,34,35)/b32-23+. The summed E-state index contributed by atoms with van der Waals surface area (Å²) >= 11 is 0. The van der Waals surface area contributed by atoms with Gasteiger partial charge in [-0.25, -0.2) is 0 Å². The first kappa shape index (κ1) is 26.8. The monoisotopic (exact) mass is 528 g/mol. The number of para-hydroxylation sites is 1. The molecular formula is C31H40N6O2. The highest BCUT2D eigenvalue weighted by atomic mass is 16.5. The number of hydrogen-bond acceptors (Lipinski definition) is 8. The number of ether oxygens (including phenoxy) is 2. The largest absolute Gasteiger partial charge is 0.490 e. The van der Waals surface area contributed by atoms with E-state index in [0.717, 1.165) is 55.0 Å². The summed E-state index contributed by atoms with van der Waals surface area (Å²) in [7, 11) is 0. The van der Waals surface area contributed by atoms with E-state index in [1.54, 1.807) is 6.21 Å². The second-order valence-corrected chi connectivity index (χ2v) is 11.2. The molecule has 0 unspecified atom stereocenters. The number of hydrazone groups is 1. The minimum Gasteiger partial charge on any atom is -0.490 e. The van der Waals surface area contributed by atoms with Crippen molar-refractivity contribution in [2.45, 2.75) is 51.9 Å². The van der Waals surface area contributed by atoms with Crippen LogP contribution in [0.4, 0.5) is 17.6 Å². The van der Waals surface area contributed by atoms with E-state index >= 15 is 0 Å². The third kappa shape index (κ3) is 7.19. The van der Waals surface area contributed by atoms with Crippen LogP contribution >= 0.6 is 0 Å². The van der Waals surface area contributed by atoms with Crippen LogP contribution in [0.1, 0.15) is 57.6 Å². The van der Waals surface area contributed by atoms with Crippen molar-refractivity contribution in [3.8, 4) is 11.5 Å². The van der Waals surface area contributed by atoms with E-state index in [9.17, 15) is 0 Å². The maximum absolute atomic E-state index is 6.03. The van der Waals surface area contributed by atoms with Gasteiger partial charge in [-0.3, -0.25) is 5.43 Å². The van der Waals surface area contributed by atoms with Crippen LogP contribution < -0.4 is 24.7 Å². The van der Waals surface area contributed by atoms with Crippen molar-refractivity contribution in [1.82, 2.24) is 9.97 Å². The number of rotatable bonds is 10. The molecule has 0 atom stereocenters. The number of anilines is 3. The van der Waals surface area contributed by atoms with Gasteiger partial charge in [-0.1, -0.05) is 45.0 Å². The lowest BCUT2D eigenvalue weighted by Crippen LogP contribution is -2.24. The Bertz CT molecular complexity index is 1210. The Morgan fingerprint density at radius 3 is 2.23 bits per heavy atom. The quantitative estimate of drug-likeness (QED) is 0.200. The van der Waals surface area contributed by atoms with E-state index in [1.165, 1.54) is 31.2 Å². The fourth-order valence-electron chi connectivity index (χ4n) is 4.89. The van der Waals surface area contributed by atoms with Gasteiger partial charge in [0.15, 0.2) is 5.82 Å². The molecule has 3 aromatic rings. The molecule has 2 fully saturated rings. The summed E-state index contributed by atoms with van der Waals surface area (Å²) in [5.74, 6) is 4.06. The van der Waals surface area contributed by atoms with Gasteiger partial charge in [-0.05, 0) is 60.9 Å². The predicted octanol–water partition coefficient (Wildman–Crippen LogP) is 5.88. The molecule has 0 aliphatic carbocycles. The molecule has 3 heterocycles. The van der Waals surface area contributed by atoms with Gasteiger partial charge >= 0.3 is 0 Å². The summed E-state index contributed by atoms with van der Waals surface area (Å²) < 4.78 is 11.9. The second-order valence-electron chi connectivity index (χ2n) is 11.2. The maximum atomic E-state index is 6.03. The zero-order chi connectivity index (χ0) is 27.1. The smallest absolute Gasteiger partial charge is 0.229 e. The molecule has 8 nitrogen and oxygen atoms in total. The number of hydrogen-bond donors (Lipinski definition) is 1. The Balaban J connectivity index is 1.19. The molecule has 0 spiro atoms. The Kier molecular flexibility index (Phi) is 8.49. The average molecular weight is 529 g/mol. The molecule has 5 rings (SSSR count). The molecule has 39 heavy (non-hydrogen) atoms. The number of benzene rings is 2. The molecule has 2 saturated heterocycles. The zero-order valence-corrected chi connectivity index (χ0v) is 23.4. The normalized spacial score (nSPS) is 15.8. The van der Waals surface area contributed by atoms with E-state index in [4.69, 9.17) is 19.4 Å². The molecule has 0 amide bonds. The third-order valence-electron chi connectivity index (χ3n) is 7.15. The van der Waals surface area contributed by atoms with Crippen molar-refractivity contribution < 1.29 is 9.47 Å². The van der Waals surface area contributed by atoms with Crippen molar-refractivity contribution in [2.75, 3.05) is 54.6 Å². The Morgan fingerprint density at radius 2 is 1.51 bits per heavy atom. The van der Waals surface area contributed by atoms with Crippen molar-refractivity contribution >= 4 is 23.8 Å². The van der Waals surface area contributed by atoms with Gasteiger partial charge in [0.25, 0.3) is 0 Å². The molecule has 206 valence electrons. The fraction of sp³-hybridized carbons (Fsp3) is 0.452. The fourth-order valence-corrected chi connectivity index (χ4v) is 4.89. The molecular weight excluding hydrogens is 488 g/mol. The molecule has 2 aliphatic heterocycles. The molecule has 1 aromatic heterocycles. The second kappa shape index (κ2) is 12.4. The van der Waals surface area contributed by atoms with Crippen molar-refractivity contribution in [2.24, 2.45) is 5.10 Å². The lowest BCUT2D eigenvalue weighted by Gasteiger charge is -2.21. The van der Waals surface area contributed by atoms with E-state index in [2.05, 4.69) is 53.2 Å². The van der Waals surface area contributed by atoms with Crippen LogP contribution in [0.2, 0.25) is 0 Å². The first-order valence-electron chi connectivity index (χ1n) is 14.1. The highest BCUT2D eigenvalue weighted by Gasteiger charge is 2.20. The van der Waals surface area contributed by atoms with E-state index in [0.29, 0.717) is 19.0 Å². The topological polar surface area (TPSA) is 75.1 Å². The maximum Gasteiger partial charge on any atom is 0.229 e. The summed E-state index contributed by atoms with van der Waals surface area (Å²) in [5.41, 5.74) is 5.43. The SMILES string of the molecule is CC(C)(C)c1ccc(OCCOc2ccccc2/C=N/Nc2cc(N3CCCC3)nc(N3CCCC3)n2)cc1. The average Bonchev–Trinajstić information content (AvgIpc) is 3.67. The van der Waals surface area contributed by atoms with Crippen molar-refractivity contribution in [1.29, 1.82) is 0 Å². The van der Waals surface area contributed by atoms with Crippen LogP contribution in [0.15, 0.2) is 59.7 Å². The number of nitrogens with one attached hydrogen (secondary N) is 1. The molecule has 8 heteroatoms. The molecule has 2 aromatic carbocycles. The Labute approximate surface area is 232 Å². The lowest BCUT2D eigenvalue weighted by molar-refractivity contribution is 0.217. The highest BCUT2D eigenvalue weighted by Crippen LogP contribution is 2.26. The third-order valence-corrected chi connectivity index (χ3v) is 7.15. The van der Waals surface area contributed by atoms with Gasteiger partial charge in [0, 0.05) is 37.8 Å². The molecule has 0 saturated carbocycles. The first-order valence-corrected chi connectivity index (χ1v) is 14.1. The molecule has 1 N–H and O–H groups in total. The van der Waals surface area contributed by atoms with Gasteiger partial charge in [-0.15, -0.1) is 0 Å². The van der Waals surface area contributed by atoms with Crippen LogP contribution in [0.5, 0.6) is 11.5 Å². The van der Waals surface area contributed by atoms with E-state index in [1.807, 2.05) is 42.5 Å². The van der Waals surface area contributed by atoms with Crippen LogP contribution in [0.25, 0.3) is 0 Å². The van der Waals surface area contributed by atoms with Crippen molar-refractivity contribution in [3.05, 3.63) is 65.7 Å². The number of nitrogens with zero attached hydrogens (tertiary/aromatic N) is 5.